The predicted octanol–water partition coefficient (Wildman–Crippen LogP) is 4.31. The molecule has 2 N–H and O–H groups in total. The zero-order chi connectivity index (χ0) is 16.2. The summed E-state index contributed by atoms with van der Waals surface area (Å²) >= 11 is 0. The van der Waals surface area contributed by atoms with Gasteiger partial charge in [0.25, 0.3) is 0 Å². The molecule has 3 rings (SSSR count). The number of hydrogen-bond donors (Lipinski definition) is 2. The Kier molecular flexibility index (Phi) is 3.81. The molecule has 0 heterocycles. The Balaban J connectivity index is 1.99. The average molecular weight is 306 g/mol. The quantitative estimate of drug-likeness (QED) is 0.746. The monoisotopic (exact) mass is 306 g/mol. The summed E-state index contributed by atoms with van der Waals surface area (Å²) in [6.07, 6.45) is 10.5. The largest absolute Gasteiger partial charge is 0.396 e. The van der Waals surface area contributed by atoms with E-state index in [9.17, 15) is 10.2 Å². The molecule has 5 atom stereocenters. The molecular formula is C20H34O2. The molecule has 3 aliphatic carbocycles. The van der Waals surface area contributed by atoms with Gasteiger partial charge in [-0.1, -0.05) is 33.3 Å². The Labute approximate surface area is 136 Å². The van der Waals surface area contributed by atoms with Crippen LogP contribution in [0, 0.1) is 28.1 Å². The second-order valence-electron chi connectivity index (χ2n) is 9.55. The number of allylic oxidation sites excluding steroid dienone is 1. The lowest BCUT2D eigenvalue weighted by Crippen LogP contribution is -2.63. The van der Waals surface area contributed by atoms with Crippen LogP contribution in [0.15, 0.2) is 12.7 Å². The molecule has 3 aliphatic rings. The number of hydrogen-bond acceptors (Lipinski definition) is 2. The topological polar surface area (TPSA) is 40.5 Å². The molecule has 0 aromatic rings. The predicted molar refractivity (Wildman–Crippen MR) is 90.5 cm³/mol. The van der Waals surface area contributed by atoms with Crippen molar-refractivity contribution in [2.75, 3.05) is 6.61 Å². The fourth-order valence-corrected chi connectivity index (χ4v) is 6.70. The van der Waals surface area contributed by atoms with Gasteiger partial charge in [-0.2, -0.15) is 0 Å². The van der Waals surface area contributed by atoms with Crippen molar-refractivity contribution < 1.29 is 10.2 Å². The molecule has 3 fully saturated rings. The summed E-state index contributed by atoms with van der Waals surface area (Å²) in [4.78, 5) is 0. The van der Waals surface area contributed by atoms with E-state index in [4.69, 9.17) is 0 Å². The molecule has 22 heavy (non-hydrogen) atoms. The van der Waals surface area contributed by atoms with Gasteiger partial charge in [0.2, 0.25) is 0 Å². The molecule has 0 bridgehead atoms. The highest BCUT2D eigenvalue weighted by molar-refractivity contribution is 5.15. The molecule has 3 saturated carbocycles. The van der Waals surface area contributed by atoms with Gasteiger partial charge in [-0.15, -0.1) is 6.58 Å². The van der Waals surface area contributed by atoms with Gasteiger partial charge in [0.05, 0.1) is 5.60 Å². The fourth-order valence-electron chi connectivity index (χ4n) is 6.70. The normalized spacial score (nSPS) is 50.8. The summed E-state index contributed by atoms with van der Waals surface area (Å²) < 4.78 is 0. The summed E-state index contributed by atoms with van der Waals surface area (Å²) in [6.45, 7) is 11.2. The molecule has 0 spiro atoms. The van der Waals surface area contributed by atoms with Crippen LogP contribution in [0.2, 0.25) is 0 Å². The molecule has 0 saturated heterocycles. The zero-order valence-corrected chi connectivity index (χ0v) is 14.7. The van der Waals surface area contributed by atoms with Gasteiger partial charge in [0.1, 0.15) is 0 Å². The van der Waals surface area contributed by atoms with Crippen LogP contribution >= 0.6 is 0 Å². The first-order chi connectivity index (χ1) is 10.2. The smallest absolute Gasteiger partial charge is 0.0690 e. The van der Waals surface area contributed by atoms with Crippen LogP contribution in [0.5, 0.6) is 0 Å². The van der Waals surface area contributed by atoms with Crippen molar-refractivity contribution in [1.82, 2.24) is 0 Å². The maximum absolute atomic E-state index is 11.5. The van der Waals surface area contributed by atoms with Crippen molar-refractivity contribution in [3.05, 3.63) is 12.7 Å². The first kappa shape index (κ1) is 16.5. The minimum absolute atomic E-state index is 0.0545. The van der Waals surface area contributed by atoms with Crippen molar-refractivity contribution in [1.29, 1.82) is 0 Å². The highest BCUT2D eigenvalue weighted by atomic mass is 16.3. The standard InChI is InChI=1S/C20H34O2/c1-5-18(4)11-7-16-19(14-21)10-6-9-17(2,3)15(19)8-12-20(16,22)13-18/h5,15-16,21-22H,1,6-14H2,2-4H3. The van der Waals surface area contributed by atoms with Gasteiger partial charge in [0.15, 0.2) is 0 Å². The van der Waals surface area contributed by atoms with E-state index in [-0.39, 0.29) is 23.4 Å². The van der Waals surface area contributed by atoms with E-state index in [0.29, 0.717) is 11.3 Å². The Bertz CT molecular complexity index is 457. The van der Waals surface area contributed by atoms with Gasteiger partial charge in [-0.3, -0.25) is 0 Å². The fraction of sp³-hybridized carbons (Fsp3) is 0.900. The highest BCUT2D eigenvalue weighted by Crippen LogP contribution is 2.66. The average Bonchev–Trinajstić information content (AvgIpc) is 2.45. The van der Waals surface area contributed by atoms with E-state index in [0.717, 1.165) is 38.5 Å². The third kappa shape index (κ3) is 2.21. The van der Waals surface area contributed by atoms with Crippen LogP contribution in [0.1, 0.15) is 72.1 Å². The molecule has 2 nitrogen and oxygen atoms in total. The number of aliphatic hydroxyl groups is 2. The molecule has 0 aromatic heterocycles. The van der Waals surface area contributed by atoms with Crippen molar-refractivity contribution in [3.8, 4) is 0 Å². The molecule has 0 radical (unpaired) electrons. The lowest BCUT2D eigenvalue weighted by molar-refractivity contribution is -0.221. The van der Waals surface area contributed by atoms with Crippen molar-refractivity contribution in [2.45, 2.75) is 77.7 Å². The van der Waals surface area contributed by atoms with E-state index in [2.05, 4.69) is 27.4 Å². The molecule has 0 aliphatic heterocycles. The van der Waals surface area contributed by atoms with Gasteiger partial charge < -0.3 is 10.2 Å². The molecular weight excluding hydrogens is 272 g/mol. The van der Waals surface area contributed by atoms with E-state index in [1.165, 1.54) is 12.8 Å². The van der Waals surface area contributed by atoms with E-state index >= 15 is 0 Å². The maximum atomic E-state index is 11.5. The first-order valence-electron chi connectivity index (χ1n) is 9.18. The van der Waals surface area contributed by atoms with Crippen LogP contribution in [0.3, 0.4) is 0 Å². The van der Waals surface area contributed by atoms with Crippen molar-refractivity contribution in [2.24, 2.45) is 28.1 Å². The van der Waals surface area contributed by atoms with Gasteiger partial charge >= 0.3 is 0 Å². The number of rotatable bonds is 2. The number of fused-ring (bicyclic) bond motifs is 3. The van der Waals surface area contributed by atoms with Crippen molar-refractivity contribution in [3.63, 3.8) is 0 Å². The molecule has 126 valence electrons. The van der Waals surface area contributed by atoms with Crippen molar-refractivity contribution >= 4 is 0 Å². The molecule has 0 aromatic carbocycles. The van der Waals surface area contributed by atoms with Crippen LogP contribution in [-0.4, -0.2) is 22.4 Å². The third-order valence-corrected chi connectivity index (χ3v) is 7.81. The Morgan fingerprint density at radius 1 is 1.05 bits per heavy atom. The Morgan fingerprint density at radius 3 is 2.36 bits per heavy atom. The van der Waals surface area contributed by atoms with Crippen LogP contribution in [0.25, 0.3) is 0 Å². The zero-order valence-electron chi connectivity index (χ0n) is 14.7. The highest BCUT2D eigenvalue weighted by Gasteiger charge is 2.63. The summed E-state index contributed by atoms with van der Waals surface area (Å²) in [6, 6.07) is 0. The van der Waals surface area contributed by atoms with E-state index < -0.39 is 5.60 Å². The van der Waals surface area contributed by atoms with Crippen LogP contribution in [-0.2, 0) is 0 Å². The van der Waals surface area contributed by atoms with Gasteiger partial charge in [0, 0.05) is 12.0 Å². The molecule has 0 amide bonds. The first-order valence-corrected chi connectivity index (χ1v) is 9.18. The third-order valence-electron chi connectivity index (χ3n) is 7.81. The summed E-state index contributed by atoms with van der Waals surface area (Å²) in [7, 11) is 0. The molecule has 2 heteroatoms. The lowest BCUT2D eigenvalue weighted by Gasteiger charge is -2.65. The van der Waals surface area contributed by atoms with E-state index in [1.807, 2.05) is 6.08 Å². The SMILES string of the molecule is C=CC1(C)CCC2C(O)(CCC3C(C)(C)CCCC32CO)C1. The Hall–Kier alpha value is -0.340. The van der Waals surface area contributed by atoms with Gasteiger partial charge in [-0.25, -0.2) is 0 Å². The lowest BCUT2D eigenvalue weighted by atomic mass is 9.41. The van der Waals surface area contributed by atoms with Crippen LogP contribution < -0.4 is 0 Å². The van der Waals surface area contributed by atoms with Crippen LogP contribution in [0.4, 0.5) is 0 Å². The minimum atomic E-state index is -0.603. The Morgan fingerprint density at radius 2 is 1.73 bits per heavy atom. The second-order valence-corrected chi connectivity index (χ2v) is 9.55. The summed E-state index contributed by atoms with van der Waals surface area (Å²) in [5, 5.41) is 21.9. The number of aliphatic hydroxyl groups excluding tert-OH is 1. The molecule has 5 unspecified atom stereocenters. The van der Waals surface area contributed by atoms with E-state index in [1.54, 1.807) is 0 Å². The maximum Gasteiger partial charge on any atom is 0.0690 e. The second kappa shape index (κ2) is 5.08. The van der Waals surface area contributed by atoms with Gasteiger partial charge in [-0.05, 0) is 67.6 Å². The summed E-state index contributed by atoms with van der Waals surface area (Å²) in [5.41, 5.74) is -0.314. The summed E-state index contributed by atoms with van der Waals surface area (Å²) in [5.74, 6) is 0.813. The minimum Gasteiger partial charge on any atom is -0.396 e.